The Morgan fingerprint density at radius 2 is 1.92 bits per heavy atom. The van der Waals surface area contributed by atoms with Crippen molar-refractivity contribution in [2.24, 2.45) is 0 Å². The van der Waals surface area contributed by atoms with E-state index in [-0.39, 0.29) is 5.82 Å². The van der Waals surface area contributed by atoms with Crippen molar-refractivity contribution in [3.8, 4) is 0 Å². The number of aromatic nitrogens is 1. The summed E-state index contributed by atoms with van der Waals surface area (Å²) in [5.41, 5.74) is -1.35. The second-order valence-corrected chi connectivity index (χ2v) is 5.77. The van der Waals surface area contributed by atoms with Gasteiger partial charge in [0.2, 0.25) is 0 Å². The number of hydrogen-bond acceptors (Lipinski definition) is 3. The number of nitrogens with one attached hydrogen (secondary N) is 1. The van der Waals surface area contributed by atoms with Gasteiger partial charge in [0.25, 0.3) is 5.91 Å². The number of hydrogen-bond donors (Lipinski definition) is 1. The van der Waals surface area contributed by atoms with E-state index in [4.69, 9.17) is 4.52 Å². The van der Waals surface area contributed by atoms with Crippen LogP contribution >= 0.6 is 15.9 Å². The highest BCUT2D eigenvalue weighted by atomic mass is 79.9. The summed E-state index contributed by atoms with van der Waals surface area (Å²) in [6.45, 7) is 0. The Morgan fingerprint density at radius 3 is 2.62 bits per heavy atom. The Hall–Kier alpha value is -2.42. The van der Waals surface area contributed by atoms with Gasteiger partial charge in [-0.25, -0.2) is 4.39 Å². The van der Waals surface area contributed by atoms with Gasteiger partial charge < -0.3 is 9.84 Å². The molecular weight excluding hydrogens is 396 g/mol. The van der Waals surface area contributed by atoms with E-state index in [1.807, 2.05) is 0 Å². The number of amides is 1. The van der Waals surface area contributed by atoms with E-state index in [2.05, 4.69) is 26.4 Å². The van der Waals surface area contributed by atoms with Crippen LogP contribution in [0.25, 0.3) is 11.0 Å². The zero-order chi connectivity index (χ0) is 17.5. The van der Waals surface area contributed by atoms with Gasteiger partial charge in [0.15, 0.2) is 11.4 Å². The Kier molecular flexibility index (Phi) is 4.04. The maximum atomic E-state index is 13.4. The van der Waals surface area contributed by atoms with Gasteiger partial charge in [-0.2, -0.15) is 13.2 Å². The van der Waals surface area contributed by atoms with Gasteiger partial charge in [-0.15, -0.1) is 0 Å². The SMILES string of the molecule is O=C(Nc1noc2ccc(Br)cc12)c1cc(F)cc(C(F)(F)F)c1. The van der Waals surface area contributed by atoms with Crippen LogP contribution in [0.4, 0.5) is 23.4 Å². The molecule has 0 aliphatic heterocycles. The molecule has 0 bridgehead atoms. The predicted octanol–water partition coefficient (Wildman–Crippen LogP) is 5.00. The van der Waals surface area contributed by atoms with Gasteiger partial charge in [-0.05, 0) is 36.4 Å². The summed E-state index contributed by atoms with van der Waals surface area (Å²) in [5, 5.41) is 6.42. The first kappa shape index (κ1) is 16.4. The number of carbonyl (C=O) groups is 1. The van der Waals surface area contributed by atoms with Gasteiger partial charge in [0.1, 0.15) is 5.82 Å². The molecule has 9 heteroatoms. The van der Waals surface area contributed by atoms with E-state index < -0.39 is 29.0 Å². The standard InChI is InChI=1S/C15H7BrF4N2O2/c16-9-1-2-12-11(6-9)13(22-24-12)21-14(23)7-3-8(15(18,19)20)5-10(17)4-7/h1-6H,(H,21,22,23). The molecule has 0 aliphatic carbocycles. The molecule has 0 saturated heterocycles. The molecule has 0 spiro atoms. The summed E-state index contributed by atoms with van der Waals surface area (Å²) >= 11 is 3.25. The average Bonchev–Trinajstić information content (AvgIpc) is 2.88. The molecule has 1 aromatic heterocycles. The van der Waals surface area contributed by atoms with Gasteiger partial charge >= 0.3 is 6.18 Å². The second kappa shape index (κ2) is 5.90. The van der Waals surface area contributed by atoms with E-state index >= 15 is 0 Å². The number of benzene rings is 2. The van der Waals surface area contributed by atoms with Crippen LogP contribution in [0.15, 0.2) is 45.4 Å². The maximum Gasteiger partial charge on any atom is 0.416 e. The number of alkyl halides is 3. The summed E-state index contributed by atoms with van der Waals surface area (Å²) in [5.74, 6) is -2.08. The summed E-state index contributed by atoms with van der Waals surface area (Å²) in [7, 11) is 0. The van der Waals surface area contributed by atoms with E-state index in [0.29, 0.717) is 33.6 Å². The van der Waals surface area contributed by atoms with Gasteiger partial charge in [-0.1, -0.05) is 21.1 Å². The third kappa shape index (κ3) is 3.25. The minimum absolute atomic E-state index is 0.0223. The highest BCUT2D eigenvalue weighted by Gasteiger charge is 2.32. The van der Waals surface area contributed by atoms with Crippen LogP contribution in [0, 0.1) is 5.82 Å². The van der Waals surface area contributed by atoms with Crippen molar-refractivity contribution >= 4 is 38.6 Å². The van der Waals surface area contributed by atoms with Crippen LogP contribution in [0.5, 0.6) is 0 Å². The number of anilines is 1. The summed E-state index contributed by atoms with van der Waals surface area (Å²) in [6, 6.07) is 6.51. The van der Waals surface area contributed by atoms with Crippen molar-refractivity contribution in [3.63, 3.8) is 0 Å². The molecular formula is C15H7BrF4N2O2. The van der Waals surface area contributed by atoms with E-state index in [0.717, 1.165) is 0 Å². The maximum absolute atomic E-state index is 13.4. The quantitative estimate of drug-likeness (QED) is 0.613. The lowest BCUT2D eigenvalue weighted by Crippen LogP contribution is -2.15. The second-order valence-electron chi connectivity index (χ2n) is 4.85. The molecule has 1 N–H and O–H groups in total. The Bertz CT molecular complexity index is 937. The molecule has 2 aromatic carbocycles. The molecule has 4 nitrogen and oxygen atoms in total. The average molecular weight is 403 g/mol. The first-order valence-electron chi connectivity index (χ1n) is 6.48. The first-order valence-corrected chi connectivity index (χ1v) is 7.27. The first-order chi connectivity index (χ1) is 11.2. The zero-order valence-electron chi connectivity index (χ0n) is 11.6. The van der Waals surface area contributed by atoms with Crippen LogP contribution in [0.2, 0.25) is 0 Å². The fourth-order valence-electron chi connectivity index (χ4n) is 2.07. The topological polar surface area (TPSA) is 55.1 Å². The minimum Gasteiger partial charge on any atom is -0.354 e. The number of carbonyl (C=O) groups excluding carboxylic acids is 1. The van der Waals surface area contributed by atoms with Gasteiger partial charge in [0.05, 0.1) is 10.9 Å². The van der Waals surface area contributed by atoms with E-state index in [9.17, 15) is 22.4 Å². The third-order valence-electron chi connectivity index (χ3n) is 3.15. The molecule has 1 heterocycles. The van der Waals surface area contributed by atoms with Crippen molar-refractivity contribution in [2.45, 2.75) is 6.18 Å². The molecule has 0 fully saturated rings. The minimum atomic E-state index is -4.76. The highest BCUT2D eigenvalue weighted by Crippen LogP contribution is 2.31. The fourth-order valence-corrected chi connectivity index (χ4v) is 2.43. The molecule has 0 radical (unpaired) electrons. The lowest BCUT2D eigenvalue weighted by Gasteiger charge is -2.09. The molecule has 3 rings (SSSR count). The Labute approximate surface area is 140 Å². The highest BCUT2D eigenvalue weighted by molar-refractivity contribution is 9.10. The van der Waals surface area contributed by atoms with Crippen LogP contribution in [-0.2, 0) is 6.18 Å². The number of nitrogens with zero attached hydrogens (tertiary/aromatic N) is 1. The molecule has 3 aromatic rings. The van der Waals surface area contributed by atoms with Crippen molar-refractivity contribution in [3.05, 3.63) is 57.8 Å². The van der Waals surface area contributed by atoms with E-state index in [1.54, 1.807) is 18.2 Å². The number of fused-ring (bicyclic) bond motifs is 1. The van der Waals surface area contributed by atoms with Crippen molar-refractivity contribution in [1.29, 1.82) is 0 Å². The van der Waals surface area contributed by atoms with Crippen molar-refractivity contribution in [2.75, 3.05) is 5.32 Å². The largest absolute Gasteiger partial charge is 0.416 e. The summed E-state index contributed by atoms with van der Waals surface area (Å²) < 4.78 is 57.2. The molecule has 24 heavy (non-hydrogen) atoms. The summed E-state index contributed by atoms with van der Waals surface area (Å²) in [4.78, 5) is 12.1. The monoisotopic (exact) mass is 402 g/mol. The smallest absolute Gasteiger partial charge is 0.354 e. The Balaban J connectivity index is 1.95. The molecule has 0 aliphatic rings. The number of halogens is 5. The van der Waals surface area contributed by atoms with E-state index in [1.165, 1.54) is 0 Å². The predicted molar refractivity (Wildman–Crippen MR) is 81.1 cm³/mol. The van der Waals surface area contributed by atoms with Crippen LogP contribution in [0.1, 0.15) is 15.9 Å². The molecule has 0 unspecified atom stereocenters. The third-order valence-corrected chi connectivity index (χ3v) is 3.64. The summed E-state index contributed by atoms with van der Waals surface area (Å²) in [6.07, 6.45) is -4.76. The van der Waals surface area contributed by atoms with Crippen molar-refractivity contribution in [1.82, 2.24) is 5.16 Å². The van der Waals surface area contributed by atoms with Gasteiger partial charge in [0, 0.05) is 10.0 Å². The molecule has 0 atom stereocenters. The van der Waals surface area contributed by atoms with Crippen LogP contribution < -0.4 is 5.32 Å². The molecule has 0 saturated carbocycles. The lowest BCUT2D eigenvalue weighted by atomic mass is 10.1. The van der Waals surface area contributed by atoms with Gasteiger partial charge in [-0.3, -0.25) is 4.79 Å². The Morgan fingerprint density at radius 1 is 1.17 bits per heavy atom. The zero-order valence-corrected chi connectivity index (χ0v) is 13.2. The molecule has 124 valence electrons. The van der Waals surface area contributed by atoms with Crippen LogP contribution in [-0.4, -0.2) is 11.1 Å². The molecule has 1 amide bonds. The lowest BCUT2D eigenvalue weighted by molar-refractivity contribution is -0.137. The number of rotatable bonds is 2. The van der Waals surface area contributed by atoms with Crippen molar-refractivity contribution < 1.29 is 26.9 Å². The fraction of sp³-hybridized carbons (Fsp3) is 0.0667. The normalized spacial score (nSPS) is 11.7. The van der Waals surface area contributed by atoms with Crippen LogP contribution in [0.3, 0.4) is 0 Å².